The zero-order chi connectivity index (χ0) is 12.1. The van der Waals surface area contributed by atoms with Crippen LogP contribution in [-0.2, 0) is 10.2 Å². The minimum absolute atomic E-state index is 0.289. The van der Waals surface area contributed by atoms with Crippen molar-refractivity contribution in [3.63, 3.8) is 0 Å². The first-order valence-corrected chi connectivity index (χ1v) is 7.11. The van der Waals surface area contributed by atoms with Gasteiger partial charge in [-0.1, -0.05) is 35.0 Å². The van der Waals surface area contributed by atoms with Crippen molar-refractivity contribution >= 4 is 15.9 Å². The molecular formula is C14H20BrNO. The molecule has 1 saturated heterocycles. The molecule has 0 spiro atoms. The molecule has 0 amide bonds. The number of hydrogen-bond acceptors (Lipinski definition) is 2. The minimum atomic E-state index is 0.289. The summed E-state index contributed by atoms with van der Waals surface area (Å²) in [5, 5.41) is 3.39. The summed E-state index contributed by atoms with van der Waals surface area (Å²) >= 11 is 3.55. The molecule has 0 aromatic heterocycles. The van der Waals surface area contributed by atoms with Crippen LogP contribution in [0.4, 0.5) is 0 Å². The molecule has 1 aromatic carbocycles. The summed E-state index contributed by atoms with van der Waals surface area (Å²) < 4.78 is 6.79. The number of ether oxygens (including phenoxy) is 1. The fourth-order valence-corrected chi connectivity index (χ4v) is 2.68. The van der Waals surface area contributed by atoms with Gasteiger partial charge in [-0.2, -0.15) is 0 Å². The van der Waals surface area contributed by atoms with Crippen LogP contribution in [0.5, 0.6) is 0 Å². The molecule has 1 heterocycles. The molecule has 17 heavy (non-hydrogen) atoms. The van der Waals surface area contributed by atoms with Gasteiger partial charge in [0, 0.05) is 36.2 Å². The van der Waals surface area contributed by atoms with E-state index in [4.69, 9.17) is 4.74 Å². The first-order valence-electron chi connectivity index (χ1n) is 6.31. The van der Waals surface area contributed by atoms with Gasteiger partial charge in [0.2, 0.25) is 0 Å². The summed E-state index contributed by atoms with van der Waals surface area (Å²) in [6, 6.07) is 8.66. The van der Waals surface area contributed by atoms with Crippen LogP contribution in [0.2, 0.25) is 0 Å². The molecular weight excluding hydrogens is 278 g/mol. The molecule has 0 aliphatic carbocycles. The molecule has 1 aliphatic rings. The standard InChI is InChI=1S/C14H20BrNO/c1-2-7-17-8-6-14(10-16-11-14)12-4-3-5-13(15)9-12/h3-5,9,16H,2,6-8,10-11H2,1H3. The van der Waals surface area contributed by atoms with Gasteiger partial charge in [-0.3, -0.25) is 0 Å². The van der Waals surface area contributed by atoms with Crippen LogP contribution in [0.25, 0.3) is 0 Å². The van der Waals surface area contributed by atoms with E-state index in [2.05, 4.69) is 52.4 Å². The lowest BCUT2D eigenvalue weighted by atomic mass is 9.73. The van der Waals surface area contributed by atoms with E-state index in [-0.39, 0.29) is 5.41 Å². The Bertz CT molecular complexity index is 363. The molecule has 1 aliphatic heterocycles. The summed E-state index contributed by atoms with van der Waals surface area (Å²) in [6.07, 6.45) is 2.21. The first kappa shape index (κ1) is 13.1. The predicted octanol–water partition coefficient (Wildman–Crippen LogP) is 3.11. The Hall–Kier alpha value is -0.380. The van der Waals surface area contributed by atoms with Gasteiger partial charge in [0.25, 0.3) is 0 Å². The van der Waals surface area contributed by atoms with Crippen LogP contribution in [0.1, 0.15) is 25.3 Å². The molecule has 0 unspecified atom stereocenters. The van der Waals surface area contributed by atoms with E-state index in [1.165, 1.54) is 5.56 Å². The van der Waals surface area contributed by atoms with Gasteiger partial charge in [0.15, 0.2) is 0 Å². The summed E-state index contributed by atoms with van der Waals surface area (Å²) in [5.41, 5.74) is 1.71. The Morgan fingerprint density at radius 2 is 2.18 bits per heavy atom. The van der Waals surface area contributed by atoms with Gasteiger partial charge >= 0.3 is 0 Å². The SMILES string of the molecule is CCCOCCC1(c2cccc(Br)c2)CNC1. The van der Waals surface area contributed by atoms with Crippen molar-refractivity contribution in [2.45, 2.75) is 25.2 Å². The summed E-state index contributed by atoms with van der Waals surface area (Å²) in [5.74, 6) is 0. The Kier molecular flexibility index (Phi) is 4.60. The molecule has 0 atom stereocenters. The fraction of sp³-hybridized carbons (Fsp3) is 0.571. The van der Waals surface area contributed by atoms with Gasteiger partial charge in [-0.05, 0) is 30.5 Å². The monoisotopic (exact) mass is 297 g/mol. The Morgan fingerprint density at radius 3 is 2.76 bits per heavy atom. The molecule has 2 rings (SSSR count). The Morgan fingerprint density at radius 1 is 1.35 bits per heavy atom. The summed E-state index contributed by atoms with van der Waals surface area (Å²) in [7, 11) is 0. The average molecular weight is 298 g/mol. The second kappa shape index (κ2) is 5.98. The quantitative estimate of drug-likeness (QED) is 0.815. The van der Waals surface area contributed by atoms with Crippen LogP contribution in [0, 0.1) is 0 Å². The largest absolute Gasteiger partial charge is 0.381 e. The van der Waals surface area contributed by atoms with E-state index < -0.39 is 0 Å². The third-order valence-corrected chi connectivity index (χ3v) is 3.93. The molecule has 1 fully saturated rings. The fourth-order valence-electron chi connectivity index (χ4n) is 2.28. The summed E-state index contributed by atoms with van der Waals surface area (Å²) in [6.45, 7) is 6.02. The average Bonchev–Trinajstić information content (AvgIpc) is 2.27. The van der Waals surface area contributed by atoms with Gasteiger partial charge in [0.05, 0.1) is 0 Å². The van der Waals surface area contributed by atoms with E-state index >= 15 is 0 Å². The first-order chi connectivity index (χ1) is 8.27. The van der Waals surface area contributed by atoms with E-state index in [1.54, 1.807) is 0 Å². The van der Waals surface area contributed by atoms with E-state index in [9.17, 15) is 0 Å². The maximum Gasteiger partial charge on any atom is 0.0475 e. The highest BCUT2D eigenvalue weighted by molar-refractivity contribution is 9.10. The minimum Gasteiger partial charge on any atom is -0.381 e. The number of rotatable bonds is 6. The topological polar surface area (TPSA) is 21.3 Å². The molecule has 1 aromatic rings. The van der Waals surface area contributed by atoms with E-state index in [1.807, 2.05) is 0 Å². The van der Waals surface area contributed by atoms with Crippen LogP contribution < -0.4 is 5.32 Å². The maximum absolute atomic E-state index is 5.63. The zero-order valence-electron chi connectivity index (χ0n) is 10.3. The maximum atomic E-state index is 5.63. The van der Waals surface area contributed by atoms with Gasteiger partial charge in [-0.25, -0.2) is 0 Å². The molecule has 94 valence electrons. The van der Waals surface area contributed by atoms with Crippen molar-refractivity contribution in [2.75, 3.05) is 26.3 Å². The van der Waals surface area contributed by atoms with Crippen molar-refractivity contribution in [3.8, 4) is 0 Å². The third-order valence-electron chi connectivity index (χ3n) is 3.44. The van der Waals surface area contributed by atoms with Crippen molar-refractivity contribution in [3.05, 3.63) is 34.3 Å². The van der Waals surface area contributed by atoms with E-state index in [0.29, 0.717) is 0 Å². The second-order valence-electron chi connectivity index (χ2n) is 4.76. The van der Waals surface area contributed by atoms with Gasteiger partial charge in [-0.15, -0.1) is 0 Å². The predicted molar refractivity (Wildman–Crippen MR) is 74.4 cm³/mol. The van der Waals surface area contributed by atoms with Crippen molar-refractivity contribution in [1.82, 2.24) is 5.32 Å². The van der Waals surface area contributed by atoms with Crippen LogP contribution in [-0.4, -0.2) is 26.3 Å². The van der Waals surface area contributed by atoms with Crippen molar-refractivity contribution in [1.29, 1.82) is 0 Å². The molecule has 0 saturated carbocycles. The molecule has 1 N–H and O–H groups in total. The van der Waals surface area contributed by atoms with Crippen LogP contribution in [0.3, 0.4) is 0 Å². The lowest BCUT2D eigenvalue weighted by Gasteiger charge is -2.43. The normalized spacial score (nSPS) is 17.8. The molecule has 3 heteroatoms. The number of nitrogens with one attached hydrogen (secondary N) is 1. The number of hydrogen-bond donors (Lipinski definition) is 1. The number of benzene rings is 1. The van der Waals surface area contributed by atoms with Crippen molar-refractivity contribution in [2.24, 2.45) is 0 Å². The number of halogens is 1. The Labute approximate surface area is 112 Å². The van der Waals surface area contributed by atoms with Crippen molar-refractivity contribution < 1.29 is 4.74 Å². The van der Waals surface area contributed by atoms with Crippen LogP contribution in [0.15, 0.2) is 28.7 Å². The lowest BCUT2D eigenvalue weighted by Crippen LogP contribution is -2.57. The Balaban J connectivity index is 1.99. The van der Waals surface area contributed by atoms with Gasteiger partial charge < -0.3 is 10.1 Å². The summed E-state index contributed by atoms with van der Waals surface area (Å²) in [4.78, 5) is 0. The van der Waals surface area contributed by atoms with E-state index in [0.717, 1.165) is 43.6 Å². The smallest absolute Gasteiger partial charge is 0.0475 e. The molecule has 0 radical (unpaired) electrons. The lowest BCUT2D eigenvalue weighted by molar-refractivity contribution is 0.0997. The zero-order valence-corrected chi connectivity index (χ0v) is 11.9. The molecule has 2 nitrogen and oxygen atoms in total. The van der Waals surface area contributed by atoms with Crippen LogP contribution >= 0.6 is 15.9 Å². The van der Waals surface area contributed by atoms with Gasteiger partial charge in [0.1, 0.15) is 0 Å². The highest BCUT2D eigenvalue weighted by atomic mass is 79.9. The molecule has 0 bridgehead atoms. The second-order valence-corrected chi connectivity index (χ2v) is 5.67. The third kappa shape index (κ3) is 3.09. The highest BCUT2D eigenvalue weighted by Gasteiger charge is 2.38. The highest BCUT2D eigenvalue weighted by Crippen LogP contribution is 2.33.